The number of aryl methyl sites for hydroxylation is 2. The van der Waals surface area contributed by atoms with E-state index in [1.54, 1.807) is 0 Å². The minimum absolute atomic E-state index is 0.0674. The molecule has 0 unspecified atom stereocenters. The Balaban J connectivity index is 1.57. The SMILES string of the molecule is CCc1ccc(N(CC(=O)Nc2cccc(C)c2)C2=N[C@@H]3CS(=O)(=O)C[C@H]3S2)cc1. The van der Waals surface area contributed by atoms with Crippen molar-refractivity contribution in [2.45, 2.75) is 31.6 Å². The largest absolute Gasteiger partial charge is 0.325 e. The second-order valence-corrected chi connectivity index (χ2v) is 11.1. The van der Waals surface area contributed by atoms with E-state index in [4.69, 9.17) is 0 Å². The second-order valence-electron chi connectivity index (χ2n) is 7.74. The summed E-state index contributed by atoms with van der Waals surface area (Å²) in [5.41, 5.74) is 3.92. The number of nitrogens with zero attached hydrogens (tertiary/aromatic N) is 2. The summed E-state index contributed by atoms with van der Waals surface area (Å²) >= 11 is 1.46. The molecule has 1 fully saturated rings. The number of hydrogen-bond donors (Lipinski definition) is 1. The molecule has 0 saturated carbocycles. The lowest BCUT2D eigenvalue weighted by Crippen LogP contribution is -2.36. The molecule has 2 aromatic carbocycles. The van der Waals surface area contributed by atoms with Gasteiger partial charge in [-0.15, -0.1) is 0 Å². The highest BCUT2D eigenvalue weighted by atomic mass is 32.2. The van der Waals surface area contributed by atoms with Crippen LogP contribution in [0.25, 0.3) is 0 Å². The molecule has 1 saturated heterocycles. The number of carbonyl (C=O) groups is 1. The number of anilines is 2. The van der Waals surface area contributed by atoms with E-state index in [1.807, 2.05) is 60.4 Å². The molecule has 0 bridgehead atoms. The molecule has 8 heteroatoms. The molecular formula is C22H25N3O3S2. The maximum Gasteiger partial charge on any atom is 0.244 e. The van der Waals surface area contributed by atoms with Crippen LogP contribution in [0.4, 0.5) is 11.4 Å². The number of benzene rings is 2. The van der Waals surface area contributed by atoms with Gasteiger partial charge in [0.2, 0.25) is 5.91 Å². The molecule has 4 rings (SSSR count). The zero-order chi connectivity index (χ0) is 21.3. The molecule has 2 atom stereocenters. The predicted molar refractivity (Wildman–Crippen MR) is 124 cm³/mol. The molecule has 2 heterocycles. The average molecular weight is 444 g/mol. The lowest BCUT2D eigenvalue weighted by molar-refractivity contribution is -0.114. The maximum atomic E-state index is 12.8. The number of fused-ring (bicyclic) bond motifs is 1. The molecule has 2 aliphatic heterocycles. The van der Waals surface area contributed by atoms with Gasteiger partial charge in [0.25, 0.3) is 0 Å². The molecule has 0 spiro atoms. The third kappa shape index (κ3) is 4.70. The molecule has 0 aliphatic carbocycles. The highest BCUT2D eigenvalue weighted by Crippen LogP contribution is 2.36. The average Bonchev–Trinajstić information content (AvgIpc) is 3.19. The topological polar surface area (TPSA) is 78.8 Å². The van der Waals surface area contributed by atoms with Gasteiger partial charge >= 0.3 is 0 Å². The molecule has 1 N–H and O–H groups in total. The number of sulfone groups is 1. The fourth-order valence-corrected chi connectivity index (χ4v) is 7.50. The third-order valence-corrected chi connectivity index (χ3v) is 8.54. The van der Waals surface area contributed by atoms with E-state index in [0.29, 0.717) is 5.17 Å². The van der Waals surface area contributed by atoms with Crippen molar-refractivity contribution in [1.82, 2.24) is 0 Å². The Morgan fingerprint density at radius 3 is 2.63 bits per heavy atom. The van der Waals surface area contributed by atoms with Crippen LogP contribution in [0.3, 0.4) is 0 Å². The Kier molecular flexibility index (Phi) is 5.88. The van der Waals surface area contributed by atoms with E-state index in [1.165, 1.54) is 17.3 Å². The van der Waals surface area contributed by atoms with Gasteiger partial charge in [-0.25, -0.2) is 8.42 Å². The van der Waals surface area contributed by atoms with Crippen LogP contribution in [0.2, 0.25) is 0 Å². The van der Waals surface area contributed by atoms with Gasteiger partial charge < -0.3 is 10.2 Å². The van der Waals surface area contributed by atoms with Gasteiger partial charge in [0, 0.05) is 16.6 Å². The van der Waals surface area contributed by atoms with E-state index in [2.05, 4.69) is 17.2 Å². The van der Waals surface area contributed by atoms with Gasteiger partial charge in [0.1, 0.15) is 6.54 Å². The second kappa shape index (κ2) is 8.43. The Bertz CT molecular complexity index is 1080. The summed E-state index contributed by atoms with van der Waals surface area (Å²) in [6.45, 7) is 4.19. The lowest BCUT2D eigenvalue weighted by atomic mass is 10.1. The highest BCUT2D eigenvalue weighted by molar-refractivity contribution is 8.15. The molecule has 6 nitrogen and oxygen atoms in total. The number of aliphatic imine (C=N–C) groups is 1. The molecule has 30 heavy (non-hydrogen) atoms. The Morgan fingerprint density at radius 2 is 1.97 bits per heavy atom. The minimum Gasteiger partial charge on any atom is -0.325 e. The lowest BCUT2D eigenvalue weighted by Gasteiger charge is -2.24. The first-order valence-electron chi connectivity index (χ1n) is 10.0. The first-order chi connectivity index (χ1) is 14.3. The Morgan fingerprint density at radius 1 is 1.20 bits per heavy atom. The smallest absolute Gasteiger partial charge is 0.244 e. The van der Waals surface area contributed by atoms with Gasteiger partial charge in [-0.2, -0.15) is 0 Å². The molecule has 2 aliphatic rings. The van der Waals surface area contributed by atoms with Crippen molar-refractivity contribution < 1.29 is 13.2 Å². The fraction of sp³-hybridized carbons (Fsp3) is 0.364. The van der Waals surface area contributed by atoms with Crippen molar-refractivity contribution >= 4 is 44.0 Å². The quantitative estimate of drug-likeness (QED) is 0.767. The number of thioether (sulfide) groups is 1. The zero-order valence-electron chi connectivity index (χ0n) is 17.0. The van der Waals surface area contributed by atoms with Crippen molar-refractivity contribution in [3.05, 3.63) is 59.7 Å². The number of amidine groups is 1. The van der Waals surface area contributed by atoms with Crippen LogP contribution >= 0.6 is 11.8 Å². The van der Waals surface area contributed by atoms with E-state index < -0.39 is 9.84 Å². The number of hydrogen-bond acceptors (Lipinski definition) is 6. The van der Waals surface area contributed by atoms with Crippen LogP contribution in [-0.4, -0.2) is 48.8 Å². The van der Waals surface area contributed by atoms with Crippen LogP contribution < -0.4 is 10.2 Å². The summed E-state index contributed by atoms with van der Waals surface area (Å²) in [6, 6.07) is 15.5. The van der Waals surface area contributed by atoms with E-state index in [0.717, 1.165) is 23.4 Å². The maximum absolute atomic E-state index is 12.8. The van der Waals surface area contributed by atoms with E-state index >= 15 is 0 Å². The monoisotopic (exact) mass is 443 g/mol. The van der Waals surface area contributed by atoms with Gasteiger partial charge in [-0.1, -0.05) is 43.0 Å². The van der Waals surface area contributed by atoms with Crippen LogP contribution in [0.1, 0.15) is 18.1 Å². The molecule has 0 aromatic heterocycles. The number of nitrogens with one attached hydrogen (secondary N) is 1. The van der Waals surface area contributed by atoms with Gasteiger partial charge in [-0.3, -0.25) is 9.79 Å². The minimum atomic E-state index is -3.02. The highest BCUT2D eigenvalue weighted by Gasteiger charge is 2.44. The molecular weight excluding hydrogens is 418 g/mol. The van der Waals surface area contributed by atoms with Crippen molar-refractivity contribution in [3.8, 4) is 0 Å². The van der Waals surface area contributed by atoms with Crippen LogP contribution in [0.5, 0.6) is 0 Å². The Labute approximate surface area is 181 Å². The fourth-order valence-electron chi connectivity index (χ4n) is 3.72. The van der Waals surface area contributed by atoms with Crippen molar-refractivity contribution in [2.75, 3.05) is 28.3 Å². The number of amides is 1. The standard InChI is InChI=1S/C22H25N3O3S2/c1-3-16-7-9-18(10-8-16)25(12-21(26)23-17-6-4-5-15(2)11-17)22-24-19-13-30(27,28)14-20(19)29-22/h4-11,19-20H,3,12-14H2,1-2H3,(H,23,26)/t19-,20-/m1/s1. The van der Waals surface area contributed by atoms with Crippen molar-refractivity contribution in [2.24, 2.45) is 4.99 Å². The van der Waals surface area contributed by atoms with E-state index in [-0.39, 0.29) is 35.2 Å². The van der Waals surface area contributed by atoms with Crippen molar-refractivity contribution in [1.29, 1.82) is 0 Å². The number of rotatable bonds is 5. The van der Waals surface area contributed by atoms with Crippen LogP contribution in [0.15, 0.2) is 53.5 Å². The van der Waals surface area contributed by atoms with Gasteiger partial charge in [0.05, 0.1) is 17.5 Å². The van der Waals surface area contributed by atoms with Crippen LogP contribution in [0, 0.1) is 6.92 Å². The Hall–Kier alpha value is -2.32. The van der Waals surface area contributed by atoms with E-state index in [9.17, 15) is 13.2 Å². The molecule has 2 aromatic rings. The van der Waals surface area contributed by atoms with Gasteiger partial charge in [-0.05, 0) is 48.7 Å². The predicted octanol–water partition coefficient (Wildman–Crippen LogP) is 3.27. The summed E-state index contributed by atoms with van der Waals surface area (Å²) in [5, 5.41) is 3.60. The third-order valence-electron chi connectivity index (χ3n) is 5.30. The summed E-state index contributed by atoms with van der Waals surface area (Å²) in [6.07, 6.45) is 0.936. The number of carbonyl (C=O) groups excluding carboxylic acids is 1. The van der Waals surface area contributed by atoms with Crippen molar-refractivity contribution in [3.63, 3.8) is 0 Å². The normalized spacial score (nSPS) is 21.7. The summed E-state index contributed by atoms with van der Waals surface area (Å²) in [4.78, 5) is 19.4. The summed E-state index contributed by atoms with van der Waals surface area (Å²) in [7, 11) is -3.02. The molecule has 158 valence electrons. The molecule has 1 amide bonds. The first-order valence-corrected chi connectivity index (χ1v) is 12.7. The zero-order valence-corrected chi connectivity index (χ0v) is 18.7. The van der Waals surface area contributed by atoms with Crippen LogP contribution in [-0.2, 0) is 21.1 Å². The first kappa shape index (κ1) is 20.9. The molecule has 0 radical (unpaired) electrons. The summed E-state index contributed by atoms with van der Waals surface area (Å²) < 4.78 is 23.8. The van der Waals surface area contributed by atoms with Gasteiger partial charge in [0.15, 0.2) is 15.0 Å². The summed E-state index contributed by atoms with van der Waals surface area (Å²) in [5.74, 6) is 0.0906.